The van der Waals surface area contributed by atoms with Crippen LogP contribution in [-0.4, -0.2) is 14.1 Å². The molecule has 0 spiro atoms. The van der Waals surface area contributed by atoms with Crippen molar-refractivity contribution in [1.82, 2.24) is 0 Å². The molecule has 0 aliphatic rings. The number of aryl methyl sites for hydroxylation is 1. The van der Waals surface area contributed by atoms with Crippen molar-refractivity contribution in [2.24, 2.45) is 0 Å². The third kappa shape index (κ3) is 4.82. The zero-order valence-electron chi connectivity index (χ0n) is 13.4. The van der Waals surface area contributed by atoms with Crippen LogP contribution in [0, 0.1) is 0 Å². The van der Waals surface area contributed by atoms with Gasteiger partial charge in [0, 0.05) is 32.0 Å². The summed E-state index contributed by atoms with van der Waals surface area (Å²) in [7, 11) is 4.13. The van der Waals surface area contributed by atoms with Gasteiger partial charge in [0.1, 0.15) is 0 Å². The molecule has 0 aliphatic heterocycles. The molecule has 1 N–H and O–H groups in total. The van der Waals surface area contributed by atoms with Crippen molar-refractivity contribution >= 4 is 11.4 Å². The molecule has 2 nitrogen and oxygen atoms in total. The first-order valence-corrected chi connectivity index (χ1v) is 7.78. The van der Waals surface area contributed by atoms with Gasteiger partial charge in [-0.1, -0.05) is 37.6 Å². The Morgan fingerprint density at radius 1 is 0.857 bits per heavy atom. The van der Waals surface area contributed by atoms with Gasteiger partial charge < -0.3 is 10.2 Å². The minimum atomic E-state index is 0.863. The Labute approximate surface area is 128 Å². The normalized spacial score (nSPS) is 10.4. The average molecular weight is 282 g/mol. The number of nitrogens with one attached hydrogen (secondary N) is 1. The molecule has 0 saturated carbocycles. The highest BCUT2D eigenvalue weighted by Crippen LogP contribution is 2.15. The van der Waals surface area contributed by atoms with Gasteiger partial charge in [-0.25, -0.2) is 0 Å². The quantitative estimate of drug-likeness (QED) is 0.791. The van der Waals surface area contributed by atoms with E-state index in [4.69, 9.17) is 0 Å². The molecule has 0 fully saturated rings. The summed E-state index contributed by atoms with van der Waals surface area (Å²) in [6, 6.07) is 17.5. The summed E-state index contributed by atoms with van der Waals surface area (Å²) in [5, 5.41) is 3.48. The van der Waals surface area contributed by atoms with E-state index in [-0.39, 0.29) is 0 Å². The second-order valence-electron chi connectivity index (χ2n) is 5.71. The van der Waals surface area contributed by atoms with Crippen molar-refractivity contribution in [3.05, 3.63) is 59.7 Å². The van der Waals surface area contributed by atoms with Gasteiger partial charge in [-0.15, -0.1) is 0 Å². The second-order valence-corrected chi connectivity index (χ2v) is 5.71. The molecular weight excluding hydrogens is 256 g/mol. The topological polar surface area (TPSA) is 15.3 Å². The van der Waals surface area contributed by atoms with E-state index in [9.17, 15) is 0 Å². The van der Waals surface area contributed by atoms with E-state index in [2.05, 4.69) is 79.8 Å². The monoisotopic (exact) mass is 282 g/mol. The largest absolute Gasteiger partial charge is 0.381 e. The molecule has 2 aromatic rings. The van der Waals surface area contributed by atoms with Crippen molar-refractivity contribution in [2.75, 3.05) is 24.3 Å². The summed E-state index contributed by atoms with van der Waals surface area (Å²) in [5.74, 6) is 0. The minimum absolute atomic E-state index is 0.863. The van der Waals surface area contributed by atoms with Crippen molar-refractivity contribution in [2.45, 2.75) is 32.7 Å². The number of unbranched alkanes of at least 4 members (excludes halogenated alkanes) is 1. The van der Waals surface area contributed by atoms with Crippen LogP contribution in [0.15, 0.2) is 48.5 Å². The lowest BCUT2D eigenvalue weighted by molar-refractivity contribution is 0.795. The number of anilines is 2. The summed E-state index contributed by atoms with van der Waals surface area (Å²) in [6.07, 6.45) is 3.71. The Hall–Kier alpha value is -1.96. The minimum Gasteiger partial charge on any atom is -0.381 e. The molecule has 2 rings (SSSR count). The van der Waals surface area contributed by atoms with Crippen molar-refractivity contribution < 1.29 is 0 Å². The predicted molar refractivity (Wildman–Crippen MR) is 93.1 cm³/mol. The maximum Gasteiger partial charge on any atom is 0.0400 e. The molecule has 0 bridgehead atoms. The molecule has 0 unspecified atom stereocenters. The van der Waals surface area contributed by atoms with E-state index in [1.165, 1.54) is 41.8 Å². The number of hydrogen-bond acceptors (Lipinski definition) is 2. The van der Waals surface area contributed by atoms with Gasteiger partial charge in [-0.2, -0.15) is 0 Å². The zero-order valence-corrected chi connectivity index (χ0v) is 13.4. The van der Waals surface area contributed by atoms with Gasteiger partial charge in [0.15, 0.2) is 0 Å². The Morgan fingerprint density at radius 2 is 1.48 bits per heavy atom. The van der Waals surface area contributed by atoms with Crippen molar-refractivity contribution in [3.63, 3.8) is 0 Å². The standard InChI is InChI=1S/C19H26N2/c1-4-5-6-16-7-11-18(12-8-16)20-15-17-9-13-19(14-10-17)21(2)3/h7-14,20H,4-6,15H2,1-3H3. The molecule has 0 amide bonds. The second kappa shape index (κ2) is 7.72. The van der Waals surface area contributed by atoms with Crippen LogP contribution in [0.2, 0.25) is 0 Å². The van der Waals surface area contributed by atoms with E-state index in [1.54, 1.807) is 0 Å². The molecule has 0 atom stereocenters. The lowest BCUT2D eigenvalue weighted by Gasteiger charge is -2.13. The van der Waals surface area contributed by atoms with Crippen LogP contribution in [0.3, 0.4) is 0 Å². The highest BCUT2D eigenvalue weighted by atomic mass is 15.1. The number of hydrogen-bond donors (Lipinski definition) is 1. The van der Waals surface area contributed by atoms with E-state index in [0.29, 0.717) is 0 Å². The highest BCUT2D eigenvalue weighted by Gasteiger charge is 1.98. The fourth-order valence-electron chi connectivity index (χ4n) is 2.29. The predicted octanol–water partition coefficient (Wildman–Crippen LogP) is 4.71. The maximum absolute atomic E-state index is 3.48. The Balaban J connectivity index is 1.87. The van der Waals surface area contributed by atoms with E-state index >= 15 is 0 Å². The number of benzene rings is 2. The Bertz CT molecular complexity index is 526. The first kappa shape index (κ1) is 15.4. The van der Waals surface area contributed by atoms with Crippen LogP contribution >= 0.6 is 0 Å². The molecule has 2 aromatic carbocycles. The highest BCUT2D eigenvalue weighted by molar-refractivity contribution is 5.48. The first-order valence-electron chi connectivity index (χ1n) is 7.78. The van der Waals surface area contributed by atoms with E-state index in [0.717, 1.165) is 6.54 Å². The maximum atomic E-state index is 3.48. The van der Waals surface area contributed by atoms with Gasteiger partial charge >= 0.3 is 0 Å². The van der Waals surface area contributed by atoms with Crippen molar-refractivity contribution in [3.8, 4) is 0 Å². The summed E-state index contributed by atoms with van der Waals surface area (Å²) in [5.41, 5.74) is 5.15. The third-order valence-corrected chi connectivity index (χ3v) is 3.72. The molecule has 0 saturated heterocycles. The van der Waals surface area contributed by atoms with Gasteiger partial charge in [0.25, 0.3) is 0 Å². The van der Waals surface area contributed by atoms with Crippen LogP contribution in [-0.2, 0) is 13.0 Å². The van der Waals surface area contributed by atoms with Crippen LogP contribution in [0.1, 0.15) is 30.9 Å². The molecular formula is C19H26N2. The molecule has 21 heavy (non-hydrogen) atoms. The van der Waals surface area contributed by atoms with Gasteiger partial charge in [0.2, 0.25) is 0 Å². The fraction of sp³-hybridized carbons (Fsp3) is 0.368. The fourth-order valence-corrected chi connectivity index (χ4v) is 2.29. The smallest absolute Gasteiger partial charge is 0.0400 e. The molecule has 0 heterocycles. The Kier molecular flexibility index (Phi) is 5.68. The number of nitrogens with zero attached hydrogens (tertiary/aromatic N) is 1. The molecule has 2 heteroatoms. The van der Waals surface area contributed by atoms with Crippen LogP contribution < -0.4 is 10.2 Å². The Morgan fingerprint density at radius 3 is 2.05 bits per heavy atom. The summed E-state index contributed by atoms with van der Waals surface area (Å²) < 4.78 is 0. The summed E-state index contributed by atoms with van der Waals surface area (Å²) in [6.45, 7) is 3.10. The first-order chi connectivity index (χ1) is 10.2. The molecule has 0 aliphatic carbocycles. The third-order valence-electron chi connectivity index (χ3n) is 3.72. The van der Waals surface area contributed by atoms with Crippen LogP contribution in [0.4, 0.5) is 11.4 Å². The van der Waals surface area contributed by atoms with E-state index in [1.807, 2.05) is 0 Å². The number of rotatable bonds is 7. The SMILES string of the molecule is CCCCc1ccc(NCc2ccc(N(C)C)cc2)cc1. The van der Waals surface area contributed by atoms with E-state index < -0.39 is 0 Å². The van der Waals surface area contributed by atoms with Crippen LogP contribution in [0.5, 0.6) is 0 Å². The zero-order chi connectivity index (χ0) is 15.1. The molecule has 0 radical (unpaired) electrons. The van der Waals surface area contributed by atoms with Gasteiger partial charge in [-0.3, -0.25) is 0 Å². The van der Waals surface area contributed by atoms with Gasteiger partial charge in [0.05, 0.1) is 0 Å². The average Bonchev–Trinajstić information content (AvgIpc) is 2.52. The molecule has 0 aromatic heterocycles. The summed E-state index contributed by atoms with van der Waals surface area (Å²) in [4.78, 5) is 2.12. The van der Waals surface area contributed by atoms with Crippen molar-refractivity contribution in [1.29, 1.82) is 0 Å². The summed E-state index contributed by atoms with van der Waals surface area (Å²) >= 11 is 0. The molecule has 112 valence electrons. The lowest BCUT2D eigenvalue weighted by Crippen LogP contribution is -2.08. The van der Waals surface area contributed by atoms with Crippen LogP contribution in [0.25, 0.3) is 0 Å². The van der Waals surface area contributed by atoms with Gasteiger partial charge in [-0.05, 0) is 48.2 Å². The lowest BCUT2D eigenvalue weighted by atomic mass is 10.1.